The third-order valence-electron chi connectivity index (χ3n) is 4.91. The molecule has 1 atom stereocenters. The molecular weight excluding hydrogens is 320 g/mol. The molecular formula is C20H21ClN2O. The van der Waals surface area contributed by atoms with Crippen molar-refractivity contribution in [2.75, 3.05) is 20.2 Å². The maximum atomic E-state index is 6.10. The van der Waals surface area contributed by atoms with E-state index in [0.29, 0.717) is 0 Å². The Hall–Kier alpha value is -1.97. The van der Waals surface area contributed by atoms with Gasteiger partial charge < -0.3 is 9.72 Å². The summed E-state index contributed by atoms with van der Waals surface area (Å²) in [6.07, 6.45) is 4.66. The van der Waals surface area contributed by atoms with E-state index in [1.54, 1.807) is 7.11 Å². The molecule has 1 aliphatic rings. The molecule has 0 radical (unpaired) electrons. The van der Waals surface area contributed by atoms with Gasteiger partial charge in [-0.2, -0.15) is 0 Å². The number of aromatic amines is 1. The van der Waals surface area contributed by atoms with Crippen LogP contribution in [0.15, 0.2) is 48.7 Å². The molecule has 2 heterocycles. The Morgan fingerprint density at radius 1 is 1.08 bits per heavy atom. The van der Waals surface area contributed by atoms with Gasteiger partial charge in [0.2, 0.25) is 0 Å². The molecule has 24 heavy (non-hydrogen) atoms. The first-order chi connectivity index (χ1) is 11.8. The molecule has 0 amide bonds. The van der Waals surface area contributed by atoms with E-state index in [-0.39, 0.29) is 6.04 Å². The van der Waals surface area contributed by atoms with Gasteiger partial charge >= 0.3 is 0 Å². The predicted octanol–water partition coefficient (Wildman–Crippen LogP) is 5.02. The smallest absolute Gasteiger partial charge is 0.119 e. The maximum Gasteiger partial charge on any atom is 0.119 e. The first-order valence-corrected chi connectivity index (χ1v) is 8.78. The van der Waals surface area contributed by atoms with E-state index >= 15 is 0 Å². The summed E-state index contributed by atoms with van der Waals surface area (Å²) in [5, 5.41) is 2.00. The van der Waals surface area contributed by atoms with Crippen molar-refractivity contribution in [3.05, 3.63) is 64.8 Å². The van der Waals surface area contributed by atoms with Crippen LogP contribution < -0.4 is 4.74 Å². The van der Waals surface area contributed by atoms with Crippen molar-refractivity contribution in [1.29, 1.82) is 0 Å². The van der Waals surface area contributed by atoms with Crippen LogP contribution in [0.2, 0.25) is 5.02 Å². The van der Waals surface area contributed by atoms with Crippen molar-refractivity contribution in [2.45, 2.75) is 18.9 Å². The quantitative estimate of drug-likeness (QED) is 0.722. The lowest BCUT2D eigenvalue weighted by atomic mass is 9.96. The van der Waals surface area contributed by atoms with Gasteiger partial charge in [-0.3, -0.25) is 4.90 Å². The molecule has 0 bridgehead atoms. The van der Waals surface area contributed by atoms with Crippen LogP contribution >= 0.6 is 11.6 Å². The van der Waals surface area contributed by atoms with Crippen LogP contribution in [0, 0.1) is 0 Å². The summed E-state index contributed by atoms with van der Waals surface area (Å²) in [4.78, 5) is 5.98. The van der Waals surface area contributed by atoms with Crippen LogP contribution in [-0.4, -0.2) is 30.1 Å². The highest BCUT2D eigenvalue weighted by molar-refractivity contribution is 6.30. The maximum absolute atomic E-state index is 6.10. The van der Waals surface area contributed by atoms with Crippen molar-refractivity contribution in [3.8, 4) is 5.75 Å². The highest BCUT2D eigenvalue weighted by Crippen LogP contribution is 2.37. The standard InChI is InChI=1S/C20H21ClN2O/c1-24-16-8-9-19-17(12-16)18(13-22-19)20(23-10-2-3-11-23)14-4-6-15(21)7-5-14/h4-9,12-13,20,22H,2-3,10-11H2,1H3. The molecule has 1 aromatic heterocycles. The van der Waals surface area contributed by atoms with Gasteiger partial charge in [-0.05, 0) is 67.4 Å². The summed E-state index contributed by atoms with van der Waals surface area (Å²) in [5.74, 6) is 0.889. The SMILES string of the molecule is COc1ccc2[nH]cc(C(c3ccc(Cl)cc3)N3CCCC3)c2c1. The first kappa shape index (κ1) is 15.6. The number of benzene rings is 2. The van der Waals surface area contributed by atoms with E-state index in [1.165, 1.54) is 29.4 Å². The Labute approximate surface area is 147 Å². The third-order valence-corrected chi connectivity index (χ3v) is 5.16. The fraction of sp³-hybridized carbons (Fsp3) is 0.300. The number of rotatable bonds is 4. The van der Waals surface area contributed by atoms with Gasteiger partial charge in [-0.1, -0.05) is 23.7 Å². The number of likely N-dealkylation sites (tertiary alicyclic amines) is 1. The molecule has 3 aromatic rings. The minimum Gasteiger partial charge on any atom is -0.497 e. The fourth-order valence-electron chi connectivity index (χ4n) is 3.71. The highest BCUT2D eigenvalue weighted by Gasteiger charge is 2.27. The second-order valence-electron chi connectivity index (χ2n) is 6.35. The molecule has 2 aromatic carbocycles. The summed E-state index contributed by atoms with van der Waals surface area (Å²) in [7, 11) is 1.71. The molecule has 1 unspecified atom stereocenters. The molecule has 4 rings (SSSR count). The predicted molar refractivity (Wildman–Crippen MR) is 99.0 cm³/mol. The monoisotopic (exact) mass is 340 g/mol. The van der Waals surface area contributed by atoms with E-state index in [0.717, 1.165) is 29.4 Å². The zero-order chi connectivity index (χ0) is 16.5. The topological polar surface area (TPSA) is 28.3 Å². The number of H-pyrrole nitrogens is 1. The number of nitrogens with zero attached hydrogens (tertiary/aromatic N) is 1. The lowest BCUT2D eigenvalue weighted by molar-refractivity contribution is 0.282. The molecule has 1 fully saturated rings. The van der Waals surface area contributed by atoms with Gasteiger partial charge in [-0.15, -0.1) is 0 Å². The van der Waals surface area contributed by atoms with Crippen LogP contribution in [0.5, 0.6) is 5.75 Å². The highest BCUT2D eigenvalue weighted by atomic mass is 35.5. The number of fused-ring (bicyclic) bond motifs is 1. The van der Waals surface area contributed by atoms with Crippen molar-refractivity contribution in [2.24, 2.45) is 0 Å². The van der Waals surface area contributed by atoms with Crippen LogP contribution in [-0.2, 0) is 0 Å². The minimum absolute atomic E-state index is 0.241. The summed E-state index contributed by atoms with van der Waals surface area (Å²) in [6.45, 7) is 2.26. The minimum atomic E-state index is 0.241. The molecule has 0 spiro atoms. The molecule has 1 saturated heterocycles. The second-order valence-corrected chi connectivity index (χ2v) is 6.79. The average molecular weight is 341 g/mol. The Bertz CT molecular complexity index is 834. The number of aromatic nitrogens is 1. The van der Waals surface area contributed by atoms with Crippen molar-refractivity contribution < 1.29 is 4.74 Å². The van der Waals surface area contributed by atoms with Gasteiger partial charge in [0.15, 0.2) is 0 Å². The van der Waals surface area contributed by atoms with Gasteiger partial charge in [0.25, 0.3) is 0 Å². The van der Waals surface area contributed by atoms with E-state index in [2.05, 4.69) is 40.3 Å². The number of halogens is 1. The lowest BCUT2D eigenvalue weighted by Crippen LogP contribution is -2.26. The molecule has 0 aliphatic carbocycles. The molecule has 1 aliphatic heterocycles. The van der Waals surface area contributed by atoms with Gasteiger partial charge in [0, 0.05) is 22.1 Å². The van der Waals surface area contributed by atoms with E-state index in [1.807, 2.05) is 18.2 Å². The molecule has 3 nitrogen and oxygen atoms in total. The van der Waals surface area contributed by atoms with Crippen molar-refractivity contribution in [3.63, 3.8) is 0 Å². The third kappa shape index (κ3) is 2.79. The Kier molecular flexibility index (Phi) is 4.21. The Balaban J connectivity index is 1.85. The molecule has 4 heteroatoms. The average Bonchev–Trinajstić information content (AvgIpc) is 3.27. The number of nitrogens with one attached hydrogen (secondary N) is 1. The number of ether oxygens (including phenoxy) is 1. The van der Waals surface area contributed by atoms with Gasteiger partial charge in [0.05, 0.1) is 13.2 Å². The number of methoxy groups -OCH3 is 1. The van der Waals surface area contributed by atoms with Crippen LogP contribution in [0.1, 0.15) is 30.0 Å². The second kappa shape index (κ2) is 6.50. The molecule has 0 saturated carbocycles. The summed E-state index contributed by atoms with van der Waals surface area (Å²) >= 11 is 6.10. The molecule has 124 valence electrons. The summed E-state index contributed by atoms with van der Waals surface area (Å²) in [6, 6.07) is 14.7. The van der Waals surface area contributed by atoms with Crippen LogP contribution in [0.4, 0.5) is 0 Å². The zero-order valence-electron chi connectivity index (χ0n) is 13.8. The van der Waals surface area contributed by atoms with Crippen molar-refractivity contribution >= 4 is 22.5 Å². The number of hydrogen-bond acceptors (Lipinski definition) is 2. The summed E-state index contributed by atoms with van der Waals surface area (Å²) < 4.78 is 5.43. The van der Waals surface area contributed by atoms with Gasteiger partial charge in [0.1, 0.15) is 5.75 Å². The molecule has 1 N–H and O–H groups in total. The van der Waals surface area contributed by atoms with E-state index < -0.39 is 0 Å². The van der Waals surface area contributed by atoms with E-state index in [9.17, 15) is 0 Å². The van der Waals surface area contributed by atoms with Crippen molar-refractivity contribution in [1.82, 2.24) is 9.88 Å². The number of hydrogen-bond donors (Lipinski definition) is 1. The van der Waals surface area contributed by atoms with Crippen LogP contribution in [0.25, 0.3) is 10.9 Å². The fourth-order valence-corrected chi connectivity index (χ4v) is 3.83. The normalized spacial score (nSPS) is 16.6. The Morgan fingerprint density at radius 2 is 1.83 bits per heavy atom. The van der Waals surface area contributed by atoms with Gasteiger partial charge in [-0.25, -0.2) is 0 Å². The Morgan fingerprint density at radius 3 is 2.54 bits per heavy atom. The largest absolute Gasteiger partial charge is 0.497 e. The first-order valence-electron chi connectivity index (χ1n) is 8.41. The van der Waals surface area contributed by atoms with Crippen LogP contribution in [0.3, 0.4) is 0 Å². The zero-order valence-corrected chi connectivity index (χ0v) is 14.5. The summed E-state index contributed by atoms with van der Waals surface area (Å²) in [5.41, 5.74) is 3.72. The van der Waals surface area contributed by atoms with E-state index in [4.69, 9.17) is 16.3 Å². The lowest BCUT2D eigenvalue weighted by Gasteiger charge is -2.28.